The second-order valence-corrected chi connectivity index (χ2v) is 9.89. The van der Waals surface area contributed by atoms with Gasteiger partial charge in [0.1, 0.15) is 29.4 Å². The van der Waals surface area contributed by atoms with E-state index in [4.69, 9.17) is 23.9 Å². The summed E-state index contributed by atoms with van der Waals surface area (Å²) in [5, 5.41) is 14.6. The average Bonchev–Trinajstić information content (AvgIpc) is 3.69. The minimum Gasteiger partial charge on any atom is -0.496 e. The first kappa shape index (κ1) is 25.2. The molecule has 10 heteroatoms. The van der Waals surface area contributed by atoms with E-state index in [1.165, 1.54) is 11.3 Å². The van der Waals surface area contributed by atoms with Gasteiger partial charge in [0.25, 0.3) is 5.19 Å². The van der Waals surface area contributed by atoms with Crippen molar-refractivity contribution in [3.8, 4) is 34.2 Å². The molecule has 3 heterocycles. The van der Waals surface area contributed by atoms with Crippen LogP contribution in [0.15, 0.2) is 77.3 Å². The highest BCUT2D eigenvalue weighted by atomic mass is 32.1. The van der Waals surface area contributed by atoms with E-state index < -0.39 is 0 Å². The zero-order chi connectivity index (χ0) is 27.6. The number of Topliss-reactive ketones (excluding diaryl/α,β-unsaturated/α-hetero) is 1. The monoisotopic (exact) mass is 550 g/mol. The van der Waals surface area contributed by atoms with Gasteiger partial charge in [0.05, 0.1) is 37.4 Å². The minimum absolute atomic E-state index is 0.0178. The van der Waals surface area contributed by atoms with Crippen molar-refractivity contribution in [2.75, 3.05) is 14.2 Å². The van der Waals surface area contributed by atoms with Crippen molar-refractivity contribution in [2.24, 2.45) is 0 Å². The second-order valence-electron chi connectivity index (χ2n) is 8.97. The Balaban J connectivity index is 1.22. The third kappa shape index (κ3) is 4.98. The lowest BCUT2D eigenvalue weighted by atomic mass is 10.0. The Kier molecular flexibility index (Phi) is 6.64. The number of ketones is 1. The van der Waals surface area contributed by atoms with Crippen LogP contribution in [0.5, 0.6) is 16.7 Å². The number of furan rings is 1. The molecule has 3 aromatic heterocycles. The fourth-order valence-electron chi connectivity index (χ4n) is 4.34. The van der Waals surface area contributed by atoms with Crippen LogP contribution in [-0.2, 0) is 13.0 Å². The molecule has 6 rings (SSSR count). The van der Waals surface area contributed by atoms with Gasteiger partial charge in [0.15, 0.2) is 11.5 Å². The molecule has 0 fully saturated rings. The summed E-state index contributed by atoms with van der Waals surface area (Å²) in [5.41, 5.74) is 4.13. The summed E-state index contributed by atoms with van der Waals surface area (Å²) < 4.78 is 24.7. The maximum atomic E-state index is 12.8. The summed E-state index contributed by atoms with van der Waals surface area (Å²) in [4.78, 5) is 18.1. The van der Waals surface area contributed by atoms with Gasteiger partial charge in [0, 0.05) is 24.1 Å². The Hall–Kier alpha value is -5.14. The quantitative estimate of drug-likeness (QED) is 0.199. The highest BCUT2D eigenvalue weighted by molar-refractivity contribution is 7.18. The number of hydrogen-bond donors (Lipinski definition) is 0. The lowest BCUT2D eigenvalue weighted by Gasteiger charge is -2.10. The molecule has 6 aromatic rings. The number of nitrogens with zero attached hydrogens (tertiary/aromatic N) is 4. The number of rotatable bonds is 9. The summed E-state index contributed by atoms with van der Waals surface area (Å²) >= 11 is 1.34. The third-order valence-electron chi connectivity index (χ3n) is 6.35. The molecule has 0 spiro atoms. The van der Waals surface area contributed by atoms with Crippen LogP contribution in [-0.4, -0.2) is 34.6 Å². The number of fused-ring (bicyclic) bond motifs is 2. The zero-order valence-corrected chi connectivity index (χ0v) is 22.4. The number of imidazole rings is 1. The number of hydrogen-bond acceptors (Lipinski definition) is 9. The molecular weight excluding hydrogens is 528 g/mol. The van der Waals surface area contributed by atoms with Gasteiger partial charge in [-0.3, -0.25) is 4.79 Å². The van der Waals surface area contributed by atoms with E-state index in [1.807, 2.05) is 36.4 Å². The zero-order valence-electron chi connectivity index (χ0n) is 21.6. The predicted molar refractivity (Wildman–Crippen MR) is 149 cm³/mol. The third-order valence-corrected chi connectivity index (χ3v) is 7.23. The molecule has 0 unspecified atom stereocenters. The normalized spacial score (nSPS) is 11.0. The van der Waals surface area contributed by atoms with Crippen molar-refractivity contribution >= 4 is 33.1 Å². The first-order valence-corrected chi connectivity index (χ1v) is 13.1. The predicted octanol–water partition coefficient (Wildman–Crippen LogP) is 6.10. The van der Waals surface area contributed by atoms with Crippen molar-refractivity contribution in [3.63, 3.8) is 0 Å². The summed E-state index contributed by atoms with van der Waals surface area (Å²) in [7, 11) is 3.16. The van der Waals surface area contributed by atoms with Crippen molar-refractivity contribution < 1.29 is 23.4 Å². The van der Waals surface area contributed by atoms with Crippen LogP contribution in [0.2, 0.25) is 0 Å². The maximum Gasteiger partial charge on any atom is 0.294 e. The number of methoxy groups -OCH3 is 2. The molecule has 3 aromatic carbocycles. The summed E-state index contributed by atoms with van der Waals surface area (Å²) in [6.07, 6.45) is 2.03. The smallest absolute Gasteiger partial charge is 0.294 e. The second kappa shape index (κ2) is 10.6. The lowest BCUT2D eigenvalue weighted by molar-refractivity contribution is 0.0993. The number of aromatic nitrogens is 3. The minimum atomic E-state index is -0.0178. The van der Waals surface area contributed by atoms with Gasteiger partial charge >= 0.3 is 0 Å². The Labute approximate surface area is 232 Å². The molecule has 0 atom stereocenters. The number of carbonyl (C=O) groups is 1. The van der Waals surface area contributed by atoms with Crippen molar-refractivity contribution in [1.82, 2.24) is 14.6 Å². The summed E-state index contributed by atoms with van der Waals surface area (Å²) in [6.45, 7) is 0.283. The standard InChI is InChI=1S/C30H22N4O5S/c1-36-22-12-26(23-14-28(39-27(23)13-22)24-16-34-29(32-24)40-30(33-34)37-2)38-17-20-5-3-4-19(10-20)11-25(35)21-8-6-18(15-31)7-9-21/h3-10,12-14,16H,11,17H2,1-2H3. The highest BCUT2D eigenvalue weighted by Crippen LogP contribution is 2.37. The summed E-state index contributed by atoms with van der Waals surface area (Å²) in [6, 6.07) is 22.0. The molecule has 0 aliphatic heterocycles. The van der Waals surface area contributed by atoms with E-state index in [-0.39, 0.29) is 18.8 Å². The van der Waals surface area contributed by atoms with Crippen LogP contribution in [0.3, 0.4) is 0 Å². The van der Waals surface area contributed by atoms with Crippen molar-refractivity contribution in [1.29, 1.82) is 5.26 Å². The molecule has 40 heavy (non-hydrogen) atoms. The van der Waals surface area contributed by atoms with Crippen molar-refractivity contribution in [3.05, 3.63) is 95.2 Å². The Morgan fingerprint density at radius 1 is 1.05 bits per heavy atom. The maximum absolute atomic E-state index is 12.8. The van der Waals surface area contributed by atoms with Crippen LogP contribution < -0.4 is 14.2 Å². The van der Waals surface area contributed by atoms with Crippen LogP contribution in [0.25, 0.3) is 27.4 Å². The molecule has 9 nitrogen and oxygen atoms in total. The van der Waals surface area contributed by atoms with E-state index >= 15 is 0 Å². The topological polar surface area (TPSA) is 112 Å². The molecule has 0 aliphatic carbocycles. The molecule has 0 bridgehead atoms. The molecule has 0 amide bonds. The number of benzene rings is 3. The SMILES string of the molecule is COc1cc(OCc2cccc(CC(=O)c3ccc(C#N)cc3)c2)c2cc(-c3cn4nc(OC)sc4n3)oc2c1. The van der Waals surface area contributed by atoms with E-state index in [0.29, 0.717) is 49.8 Å². The van der Waals surface area contributed by atoms with Crippen LogP contribution in [0.4, 0.5) is 0 Å². The van der Waals surface area contributed by atoms with Gasteiger partial charge in [-0.05, 0) is 40.7 Å². The molecule has 0 saturated heterocycles. The molecule has 198 valence electrons. The van der Waals surface area contributed by atoms with Gasteiger partial charge in [-0.1, -0.05) is 36.4 Å². The molecule has 0 aliphatic rings. The molecule has 0 N–H and O–H groups in total. The van der Waals surface area contributed by atoms with Gasteiger partial charge in [0.2, 0.25) is 4.96 Å². The van der Waals surface area contributed by atoms with E-state index in [9.17, 15) is 4.79 Å². The molecule has 0 saturated carbocycles. The van der Waals surface area contributed by atoms with Gasteiger partial charge < -0.3 is 18.6 Å². The Morgan fingerprint density at radius 3 is 2.62 bits per heavy atom. The Morgan fingerprint density at radius 2 is 1.88 bits per heavy atom. The average molecular weight is 551 g/mol. The fraction of sp³-hybridized carbons (Fsp3) is 0.133. The molecular formula is C30H22N4O5S. The first-order valence-electron chi connectivity index (χ1n) is 12.3. The largest absolute Gasteiger partial charge is 0.496 e. The van der Waals surface area contributed by atoms with E-state index in [2.05, 4.69) is 16.2 Å². The van der Waals surface area contributed by atoms with Crippen molar-refractivity contribution in [2.45, 2.75) is 13.0 Å². The Bertz CT molecular complexity index is 1860. The van der Waals surface area contributed by atoms with Gasteiger partial charge in [-0.25, -0.2) is 9.50 Å². The van der Waals surface area contributed by atoms with E-state index in [0.717, 1.165) is 16.5 Å². The van der Waals surface area contributed by atoms with Crippen LogP contribution in [0, 0.1) is 11.3 Å². The number of carbonyl (C=O) groups excluding carboxylic acids is 1. The van der Waals surface area contributed by atoms with Gasteiger partial charge in [-0.2, -0.15) is 5.26 Å². The first-order chi connectivity index (χ1) is 19.5. The number of nitriles is 1. The van der Waals surface area contributed by atoms with Crippen LogP contribution in [0.1, 0.15) is 27.0 Å². The van der Waals surface area contributed by atoms with Gasteiger partial charge in [-0.15, -0.1) is 5.10 Å². The highest BCUT2D eigenvalue weighted by Gasteiger charge is 2.17. The fourth-order valence-corrected chi connectivity index (χ4v) is 5.04. The van der Waals surface area contributed by atoms with Crippen LogP contribution >= 0.6 is 11.3 Å². The number of ether oxygens (including phenoxy) is 3. The summed E-state index contributed by atoms with van der Waals surface area (Å²) in [5.74, 6) is 1.76. The lowest BCUT2D eigenvalue weighted by Crippen LogP contribution is -2.04. The molecule has 0 radical (unpaired) electrons. The van der Waals surface area contributed by atoms with E-state index in [1.54, 1.807) is 55.3 Å².